The van der Waals surface area contributed by atoms with Crippen molar-refractivity contribution < 1.29 is 0 Å². The molecule has 0 atom stereocenters. The number of nitrogens with one attached hydrogen (secondary N) is 1. The topological polar surface area (TPSA) is 41.1 Å². The van der Waals surface area contributed by atoms with E-state index in [1.165, 1.54) is 24.3 Å². The summed E-state index contributed by atoms with van der Waals surface area (Å²) >= 11 is 0.504. The van der Waals surface area contributed by atoms with Crippen LogP contribution in [0.3, 0.4) is 0 Å². The van der Waals surface area contributed by atoms with E-state index in [4.69, 9.17) is 0 Å². The van der Waals surface area contributed by atoms with Crippen LogP contribution in [0.4, 0.5) is 11.5 Å². The molecule has 0 saturated carbocycles. The van der Waals surface area contributed by atoms with Crippen LogP contribution in [0.2, 0.25) is 10.4 Å². The van der Waals surface area contributed by atoms with Crippen molar-refractivity contribution in [2.45, 2.75) is 17.0 Å². The molecule has 2 aromatic rings. The average Bonchev–Trinajstić information content (AvgIpc) is 2.46. The van der Waals surface area contributed by atoms with Gasteiger partial charge in [0, 0.05) is 0 Å². The van der Waals surface area contributed by atoms with E-state index in [1.54, 1.807) is 0 Å². The third-order valence-electron chi connectivity index (χ3n) is 3.55. The quantitative estimate of drug-likeness (QED) is 0.856. The molecular formula is C15H18AsN4. The Bertz CT molecular complexity index is 555. The second-order valence-corrected chi connectivity index (χ2v) is 7.57. The van der Waals surface area contributed by atoms with Crippen molar-refractivity contribution in [3.8, 4) is 0 Å². The molecule has 0 unspecified atom stereocenters. The predicted octanol–water partition coefficient (Wildman–Crippen LogP) is 2.45. The van der Waals surface area contributed by atoms with Crippen LogP contribution < -0.4 is 10.2 Å². The maximum absolute atomic E-state index is 4.15. The molecule has 1 fully saturated rings. The molecule has 1 aliphatic heterocycles. The number of nitrogens with zero attached hydrogens (tertiary/aromatic N) is 3. The third kappa shape index (κ3) is 3.13. The summed E-state index contributed by atoms with van der Waals surface area (Å²) in [6.07, 6.45) is 1.86. The van der Waals surface area contributed by atoms with Gasteiger partial charge >= 0.3 is 126 Å². The molecule has 1 aromatic heterocycles. The molecule has 0 spiro atoms. The van der Waals surface area contributed by atoms with E-state index in [0.717, 1.165) is 17.1 Å². The zero-order chi connectivity index (χ0) is 13.8. The van der Waals surface area contributed by atoms with Crippen LogP contribution in [0.5, 0.6) is 0 Å². The minimum atomic E-state index is 0.504. The summed E-state index contributed by atoms with van der Waals surface area (Å²) in [5, 5.41) is 11.6. The Balaban J connectivity index is 1.60. The van der Waals surface area contributed by atoms with Crippen LogP contribution in [-0.4, -0.2) is 39.0 Å². The summed E-state index contributed by atoms with van der Waals surface area (Å²) in [6.45, 7) is 3.14. The standard InChI is InChI=1S/C15H18AsN4/c1-16-13-10-20(11-13)14-7-15(19-18-9-14)17-8-12-5-3-2-4-6-12/h2-7,9,13H,8,10-11H2,1H3,(H,17,19). The first-order valence-corrected chi connectivity index (χ1v) is 9.75. The van der Waals surface area contributed by atoms with Crippen molar-refractivity contribution in [2.24, 2.45) is 0 Å². The first-order chi connectivity index (χ1) is 9.85. The fourth-order valence-corrected chi connectivity index (χ4v) is 3.75. The number of hydrogen-bond acceptors (Lipinski definition) is 4. The summed E-state index contributed by atoms with van der Waals surface area (Å²) in [5.74, 6) is 0.847. The van der Waals surface area contributed by atoms with E-state index < -0.39 is 0 Å². The van der Waals surface area contributed by atoms with Gasteiger partial charge in [0.1, 0.15) is 0 Å². The second-order valence-electron chi connectivity index (χ2n) is 4.96. The molecule has 3 rings (SSSR count). The van der Waals surface area contributed by atoms with E-state index >= 15 is 0 Å². The number of benzene rings is 1. The molecule has 1 N–H and O–H groups in total. The van der Waals surface area contributed by atoms with Crippen LogP contribution in [-0.2, 0) is 6.54 Å². The van der Waals surface area contributed by atoms with Gasteiger partial charge in [0.2, 0.25) is 0 Å². The molecule has 4 nitrogen and oxygen atoms in total. The monoisotopic (exact) mass is 329 g/mol. The fraction of sp³-hybridized carbons (Fsp3) is 0.333. The molecule has 0 aliphatic carbocycles. The van der Waals surface area contributed by atoms with Gasteiger partial charge in [0.15, 0.2) is 0 Å². The SMILES string of the molecule is C[As]C1CN(c2cnnc(NCc3ccccc3)c2)C1. The summed E-state index contributed by atoms with van der Waals surface area (Å²) in [7, 11) is 0. The first-order valence-electron chi connectivity index (χ1n) is 6.79. The molecule has 103 valence electrons. The van der Waals surface area contributed by atoms with Crippen LogP contribution >= 0.6 is 0 Å². The van der Waals surface area contributed by atoms with Gasteiger partial charge in [-0.25, -0.2) is 0 Å². The van der Waals surface area contributed by atoms with Crippen molar-refractivity contribution in [1.82, 2.24) is 10.2 Å². The Morgan fingerprint density at radius 2 is 2.10 bits per heavy atom. The van der Waals surface area contributed by atoms with Gasteiger partial charge in [-0.3, -0.25) is 0 Å². The maximum atomic E-state index is 4.15. The van der Waals surface area contributed by atoms with Crippen LogP contribution in [0.25, 0.3) is 0 Å². The van der Waals surface area contributed by atoms with Crippen LogP contribution in [0, 0.1) is 0 Å². The van der Waals surface area contributed by atoms with E-state index in [1.807, 2.05) is 24.4 Å². The zero-order valence-electron chi connectivity index (χ0n) is 11.5. The second kappa shape index (κ2) is 6.27. The van der Waals surface area contributed by atoms with Crippen molar-refractivity contribution in [3.05, 3.63) is 48.2 Å². The van der Waals surface area contributed by atoms with Gasteiger partial charge in [-0.05, 0) is 0 Å². The molecule has 1 saturated heterocycles. The van der Waals surface area contributed by atoms with Crippen molar-refractivity contribution in [1.29, 1.82) is 0 Å². The molecule has 0 amide bonds. The molecule has 1 aromatic carbocycles. The number of aromatic nitrogens is 2. The zero-order valence-corrected chi connectivity index (χ0v) is 13.4. The Hall–Kier alpha value is -1.54. The van der Waals surface area contributed by atoms with E-state index in [-0.39, 0.29) is 0 Å². The number of rotatable bonds is 5. The van der Waals surface area contributed by atoms with Gasteiger partial charge in [-0.2, -0.15) is 0 Å². The third-order valence-corrected chi connectivity index (χ3v) is 5.77. The van der Waals surface area contributed by atoms with Crippen molar-refractivity contribution >= 4 is 27.3 Å². The van der Waals surface area contributed by atoms with E-state index in [0.29, 0.717) is 15.8 Å². The van der Waals surface area contributed by atoms with Gasteiger partial charge in [0.25, 0.3) is 0 Å². The minimum absolute atomic E-state index is 0.504. The Labute approximate surface area is 126 Å². The first kappa shape index (κ1) is 13.4. The summed E-state index contributed by atoms with van der Waals surface area (Å²) in [6, 6.07) is 12.4. The molecule has 5 heteroatoms. The fourth-order valence-electron chi connectivity index (χ4n) is 2.23. The van der Waals surface area contributed by atoms with Gasteiger partial charge in [-0.1, -0.05) is 0 Å². The molecule has 2 heterocycles. The Morgan fingerprint density at radius 1 is 1.30 bits per heavy atom. The van der Waals surface area contributed by atoms with Crippen LogP contribution in [0.15, 0.2) is 42.6 Å². The Kier molecular flexibility index (Phi) is 4.22. The number of hydrogen-bond donors (Lipinski definition) is 1. The molecule has 20 heavy (non-hydrogen) atoms. The Morgan fingerprint density at radius 3 is 2.85 bits per heavy atom. The summed E-state index contributed by atoms with van der Waals surface area (Å²) in [5.41, 5.74) is 4.77. The van der Waals surface area contributed by atoms with Crippen LogP contribution in [0.1, 0.15) is 5.56 Å². The molecular weight excluding hydrogens is 311 g/mol. The van der Waals surface area contributed by atoms with Gasteiger partial charge < -0.3 is 0 Å². The number of anilines is 2. The van der Waals surface area contributed by atoms with Gasteiger partial charge in [-0.15, -0.1) is 0 Å². The van der Waals surface area contributed by atoms with Crippen molar-refractivity contribution in [2.75, 3.05) is 23.3 Å². The molecule has 1 aliphatic rings. The average molecular weight is 329 g/mol. The molecule has 0 bridgehead atoms. The van der Waals surface area contributed by atoms with E-state index in [9.17, 15) is 0 Å². The molecule has 1 radical (unpaired) electrons. The summed E-state index contributed by atoms with van der Waals surface area (Å²) < 4.78 is 0.931. The summed E-state index contributed by atoms with van der Waals surface area (Å²) in [4.78, 5) is 2.38. The normalized spacial score (nSPS) is 15.6. The van der Waals surface area contributed by atoms with Gasteiger partial charge in [0.05, 0.1) is 0 Å². The predicted molar refractivity (Wildman–Crippen MR) is 83.4 cm³/mol. The van der Waals surface area contributed by atoms with Crippen molar-refractivity contribution in [3.63, 3.8) is 0 Å². The van der Waals surface area contributed by atoms with E-state index in [2.05, 4.69) is 44.3 Å².